The fourth-order valence-corrected chi connectivity index (χ4v) is 6.50. The number of rotatable bonds is 5. The third-order valence-electron chi connectivity index (χ3n) is 8.47. The molecule has 1 unspecified atom stereocenters. The predicted octanol–water partition coefficient (Wildman–Crippen LogP) is 3.57. The molecular formula is C29H33FN4O3. The molecule has 0 radical (unpaired) electrons. The number of benzene rings is 2. The van der Waals surface area contributed by atoms with E-state index in [1.165, 1.54) is 35.1 Å². The van der Waals surface area contributed by atoms with Crippen molar-refractivity contribution < 1.29 is 18.8 Å². The van der Waals surface area contributed by atoms with Crippen molar-refractivity contribution in [1.29, 1.82) is 0 Å². The van der Waals surface area contributed by atoms with Gasteiger partial charge in [0.1, 0.15) is 11.9 Å². The molecule has 6 rings (SSSR count). The normalized spacial score (nSPS) is 23.1. The molecule has 2 aromatic rings. The molecule has 3 fully saturated rings. The summed E-state index contributed by atoms with van der Waals surface area (Å²) in [4.78, 5) is 43.6. The summed E-state index contributed by atoms with van der Waals surface area (Å²) >= 11 is 0. The van der Waals surface area contributed by atoms with Crippen molar-refractivity contribution in [1.82, 2.24) is 15.1 Å². The standard InChI is InChI=1S/C29H33FN4O3/c30-21-15-23(25-18-34(29(37)24(25)16-21)26-6-7-27(35)31-28(26)36)20-8-12-32(13-9-20)17-19-4-3-5-22(14-19)33-10-1-2-11-33/h3-5,14-16,20,26H,1-2,6-13,17-18H2,(H,31,35,36). The second kappa shape index (κ2) is 9.89. The SMILES string of the molecule is O=C1CCC(N2Cc3c(cc(F)cc3C3CCN(Cc4cccc(N5CCCC5)c4)CC3)C2=O)C(=O)N1. The lowest BCUT2D eigenvalue weighted by atomic mass is 9.85. The van der Waals surface area contributed by atoms with Gasteiger partial charge < -0.3 is 9.80 Å². The largest absolute Gasteiger partial charge is 0.372 e. The fraction of sp³-hybridized carbons (Fsp3) is 0.483. The molecule has 8 heteroatoms. The van der Waals surface area contributed by atoms with Crippen LogP contribution in [-0.4, -0.2) is 59.7 Å². The summed E-state index contributed by atoms with van der Waals surface area (Å²) in [5, 5.41) is 2.33. The number of imide groups is 1. The summed E-state index contributed by atoms with van der Waals surface area (Å²) in [5.74, 6) is -1.31. The number of halogens is 1. The molecule has 7 nitrogen and oxygen atoms in total. The first-order valence-electron chi connectivity index (χ1n) is 13.5. The Kier molecular flexibility index (Phi) is 6.44. The number of nitrogens with one attached hydrogen (secondary N) is 1. The van der Waals surface area contributed by atoms with E-state index in [-0.39, 0.29) is 24.2 Å². The second-order valence-corrected chi connectivity index (χ2v) is 10.8. The Labute approximate surface area is 216 Å². The first-order valence-corrected chi connectivity index (χ1v) is 13.5. The Balaban J connectivity index is 1.14. The second-order valence-electron chi connectivity index (χ2n) is 10.8. The number of piperidine rings is 2. The van der Waals surface area contributed by atoms with Gasteiger partial charge in [-0.3, -0.25) is 24.6 Å². The smallest absolute Gasteiger partial charge is 0.255 e. The quantitative estimate of drug-likeness (QED) is 0.631. The first kappa shape index (κ1) is 24.1. The Hall–Kier alpha value is -3.26. The minimum absolute atomic E-state index is 0.172. The molecule has 4 aliphatic heterocycles. The number of hydrogen-bond acceptors (Lipinski definition) is 5. The number of hydrogen-bond donors (Lipinski definition) is 1. The highest BCUT2D eigenvalue weighted by atomic mass is 19.1. The maximum Gasteiger partial charge on any atom is 0.255 e. The average Bonchev–Trinajstić information content (AvgIpc) is 3.54. The molecule has 2 aromatic carbocycles. The lowest BCUT2D eigenvalue weighted by Crippen LogP contribution is -2.52. The zero-order valence-electron chi connectivity index (χ0n) is 21.0. The van der Waals surface area contributed by atoms with Crippen LogP contribution in [-0.2, 0) is 22.7 Å². The lowest BCUT2D eigenvalue weighted by molar-refractivity contribution is -0.136. The van der Waals surface area contributed by atoms with Crippen LogP contribution in [0.5, 0.6) is 0 Å². The molecule has 0 spiro atoms. The highest BCUT2D eigenvalue weighted by molar-refractivity contribution is 6.05. The summed E-state index contributed by atoms with van der Waals surface area (Å²) in [6.07, 6.45) is 4.83. The van der Waals surface area contributed by atoms with Crippen molar-refractivity contribution in [3.05, 3.63) is 64.5 Å². The zero-order valence-corrected chi connectivity index (χ0v) is 21.0. The molecule has 4 heterocycles. The van der Waals surface area contributed by atoms with E-state index in [2.05, 4.69) is 39.4 Å². The minimum atomic E-state index is -0.688. The van der Waals surface area contributed by atoms with E-state index >= 15 is 0 Å². The van der Waals surface area contributed by atoms with Gasteiger partial charge in [-0.05, 0) is 92.1 Å². The molecule has 37 heavy (non-hydrogen) atoms. The van der Waals surface area contributed by atoms with Crippen LogP contribution in [0.15, 0.2) is 36.4 Å². The van der Waals surface area contributed by atoms with Crippen molar-refractivity contribution in [2.24, 2.45) is 0 Å². The molecule has 1 N–H and O–H groups in total. The van der Waals surface area contributed by atoms with Crippen molar-refractivity contribution in [2.45, 2.75) is 63.6 Å². The molecule has 3 amide bonds. The van der Waals surface area contributed by atoms with Gasteiger partial charge >= 0.3 is 0 Å². The Morgan fingerprint density at radius 2 is 1.73 bits per heavy atom. The molecule has 0 bridgehead atoms. The zero-order chi connectivity index (χ0) is 25.5. The number of nitrogens with zero attached hydrogens (tertiary/aromatic N) is 3. The van der Waals surface area contributed by atoms with Crippen molar-refractivity contribution in [3.63, 3.8) is 0 Å². The van der Waals surface area contributed by atoms with Crippen LogP contribution < -0.4 is 10.2 Å². The van der Waals surface area contributed by atoms with Gasteiger partial charge in [-0.25, -0.2) is 4.39 Å². The summed E-state index contributed by atoms with van der Waals surface area (Å²) in [6.45, 7) is 5.28. The molecule has 0 aliphatic carbocycles. The third kappa shape index (κ3) is 4.75. The van der Waals surface area contributed by atoms with Gasteiger partial charge in [-0.2, -0.15) is 0 Å². The lowest BCUT2D eigenvalue weighted by Gasteiger charge is -2.33. The number of anilines is 1. The molecule has 1 atom stereocenters. The van der Waals surface area contributed by atoms with E-state index < -0.39 is 17.8 Å². The fourth-order valence-electron chi connectivity index (χ4n) is 6.50. The molecule has 0 saturated carbocycles. The summed E-state index contributed by atoms with van der Waals surface area (Å²) in [6, 6.07) is 11.1. The van der Waals surface area contributed by atoms with E-state index in [0.717, 1.165) is 56.7 Å². The van der Waals surface area contributed by atoms with Gasteiger partial charge in [0.25, 0.3) is 5.91 Å². The van der Waals surface area contributed by atoms with Crippen LogP contribution in [0.25, 0.3) is 0 Å². The Morgan fingerprint density at radius 1 is 0.946 bits per heavy atom. The first-order chi connectivity index (χ1) is 18.0. The van der Waals surface area contributed by atoms with Gasteiger partial charge in [0.05, 0.1) is 0 Å². The third-order valence-corrected chi connectivity index (χ3v) is 8.47. The minimum Gasteiger partial charge on any atom is -0.372 e. The summed E-state index contributed by atoms with van der Waals surface area (Å²) in [7, 11) is 0. The summed E-state index contributed by atoms with van der Waals surface area (Å²) in [5.41, 5.74) is 4.73. The van der Waals surface area contributed by atoms with Gasteiger partial charge in [0.15, 0.2) is 0 Å². The topological polar surface area (TPSA) is 73.0 Å². The Morgan fingerprint density at radius 3 is 2.49 bits per heavy atom. The van der Waals surface area contributed by atoms with Crippen LogP contribution in [0, 0.1) is 5.82 Å². The van der Waals surface area contributed by atoms with E-state index in [9.17, 15) is 18.8 Å². The predicted molar refractivity (Wildman–Crippen MR) is 138 cm³/mol. The van der Waals surface area contributed by atoms with Gasteiger partial charge in [-0.1, -0.05) is 12.1 Å². The van der Waals surface area contributed by atoms with Crippen LogP contribution in [0.3, 0.4) is 0 Å². The van der Waals surface area contributed by atoms with E-state index in [1.54, 1.807) is 6.07 Å². The van der Waals surface area contributed by atoms with E-state index in [1.807, 2.05) is 0 Å². The number of carbonyl (C=O) groups excluding carboxylic acids is 3. The number of carbonyl (C=O) groups is 3. The van der Waals surface area contributed by atoms with Crippen LogP contribution in [0.2, 0.25) is 0 Å². The van der Waals surface area contributed by atoms with Gasteiger partial charge in [-0.15, -0.1) is 0 Å². The monoisotopic (exact) mass is 504 g/mol. The maximum absolute atomic E-state index is 14.7. The number of fused-ring (bicyclic) bond motifs is 1. The van der Waals surface area contributed by atoms with Crippen LogP contribution >= 0.6 is 0 Å². The number of amides is 3. The summed E-state index contributed by atoms with van der Waals surface area (Å²) < 4.78 is 14.7. The molecular weight excluding hydrogens is 471 g/mol. The number of likely N-dealkylation sites (tertiary alicyclic amines) is 1. The van der Waals surface area contributed by atoms with Crippen molar-refractivity contribution >= 4 is 23.4 Å². The maximum atomic E-state index is 14.7. The van der Waals surface area contributed by atoms with Crippen LogP contribution in [0.1, 0.15) is 71.5 Å². The van der Waals surface area contributed by atoms with Gasteiger partial charge in [0.2, 0.25) is 11.8 Å². The van der Waals surface area contributed by atoms with Crippen LogP contribution in [0.4, 0.5) is 10.1 Å². The van der Waals surface area contributed by atoms with Crippen molar-refractivity contribution in [3.8, 4) is 0 Å². The molecule has 0 aromatic heterocycles. The molecule has 194 valence electrons. The molecule has 3 saturated heterocycles. The van der Waals surface area contributed by atoms with E-state index in [0.29, 0.717) is 18.5 Å². The molecule has 4 aliphatic rings. The van der Waals surface area contributed by atoms with E-state index in [4.69, 9.17) is 0 Å². The highest BCUT2D eigenvalue weighted by Crippen LogP contribution is 2.38. The van der Waals surface area contributed by atoms with Gasteiger partial charge in [0, 0.05) is 43.9 Å². The highest BCUT2D eigenvalue weighted by Gasteiger charge is 2.41. The van der Waals surface area contributed by atoms with Crippen molar-refractivity contribution in [2.75, 3.05) is 31.1 Å². The average molecular weight is 505 g/mol. The Bertz CT molecular complexity index is 1230.